The van der Waals surface area contributed by atoms with E-state index in [1.165, 1.54) is 17.3 Å². The first-order valence-corrected chi connectivity index (χ1v) is 13.8. The summed E-state index contributed by atoms with van der Waals surface area (Å²) in [5.74, 6) is -0.645. The van der Waals surface area contributed by atoms with E-state index in [-0.39, 0.29) is 12.3 Å². The highest BCUT2D eigenvalue weighted by Crippen LogP contribution is 2.28. The minimum atomic E-state index is -1.13. The summed E-state index contributed by atoms with van der Waals surface area (Å²) >= 11 is 7.79. The quantitative estimate of drug-likeness (QED) is 0.261. The molecule has 0 bridgehead atoms. The number of thioether (sulfide) groups is 1. The van der Waals surface area contributed by atoms with Gasteiger partial charge < -0.3 is 10.4 Å². The van der Waals surface area contributed by atoms with Gasteiger partial charge >= 0.3 is 12.0 Å². The van der Waals surface area contributed by atoms with Gasteiger partial charge in [0.05, 0.1) is 0 Å². The van der Waals surface area contributed by atoms with Crippen molar-refractivity contribution in [3.8, 4) is 11.1 Å². The number of carboxylic acids is 1. The predicted molar refractivity (Wildman–Crippen MR) is 150 cm³/mol. The SMILES string of the molecule is CCCN(C(=O)N[C@@H](CSCCCc1ccccc1)C(=O)O)C(=O)c1cccc(-c2ccccc2Cl)c1. The predicted octanol–water partition coefficient (Wildman–Crippen LogP) is 6.39. The van der Waals surface area contributed by atoms with Gasteiger partial charge in [0.1, 0.15) is 6.04 Å². The van der Waals surface area contributed by atoms with Gasteiger partial charge in [0, 0.05) is 28.4 Å². The molecule has 0 fully saturated rings. The average molecular weight is 539 g/mol. The smallest absolute Gasteiger partial charge is 0.327 e. The zero-order valence-electron chi connectivity index (χ0n) is 20.7. The summed E-state index contributed by atoms with van der Waals surface area (Å²) in [6.07, 6.45) is 2.34. The van der Waals surface area contributed by atoms with Gasteiger partial charge in [-0.2, -0.15) is 11.8 Å². The number of rotatable bonds is 12. The Morgan fingerprint density at radius 3 is 2.43 bits per heavy atom. The molecule has 0 spiro atoms. The van der Waals surface area contributed by atoms with Crippen molar-refractivity contribution in [1.82, 2.24) is 10.2 Å². The fourth-order valence-electron chi connectivity index (χ4n) is 3.82. The molecule has 194 valence electrons. The van der Waals surface area contributed by atoms with Crippen LogP contribution in [0.25, 0.3) is 11.1 Å². The molecule has 1 atom stereocenters. The van der Waals surface area contributed by atoms with E-state index >= 15 is 0 Å². The molecule has 3 aromatic carbocycles. The van der Waals surface area contributed by atoms with Crippen LogP contribution in [0.2, 0.25) is 5.02 Å². The highest BCUT2D eigenvalue weighted by atomic mass is 35.5. The molecule has 3 aromatic rings. The van der Waals surface area contributed by atoms with Gasteiger partial charge in [-0.05, 0) is 54.3 Å². The molecule has 0 aromatic heterocycles. The highest BCUT2D eigenvalue weighted by molar-refractivity contribution is 7.99. The number of carbonyl (C=O) groups is 3. The molecule has 0 aliphatic heterocycles. The lowest BCUT2D eigenvalue weighted by Crippen LogP contribution is -2.51. The van der Waals surface area contributed by atoms with Gasteiger partial charge in [-0.25, -0.2) is 9.59 Å². The third-order valence-corrected chi connectivity index (χ3v) is 7.19. The Kier molecular flexibility index (Phi) is 11.0. The van der Waals surface area contributed by atoms with Crippen molar-refractivity contribution >= 4 is 41.3 Å². The monoisotopic (exact) mass is 538 g/mol. The van der Waals surface area contributed by atoms with E-state index in [9.17, 15) is 19.5 Å². The number of hydrogen-bond acceptors (Lipinski definition) is 4. The topological polar surface area (TPSA) is 86.7 Å². The van der Waals surface area contributed by atoms with Gasteiger partial charge in [-0.1, -0.05) is 79.2 Å². The molecular formula is C29H31ClN2O4S. The summed E-state index contributed by atoms with van der Waals surface area (Å²) in [5.41, 5.74) is 3.09. The van der Waals surface area contributed by atoms with Crippen LogP contribution >= 0.6 is 23.4 Å². The van der Waals surface area contributed by atoms with Crippen LogP contribution in [0.1, 0.15) is 35.7 Å². The van der Waals surface area contributed by atoms with E-state index in [0.29, 0.717) is 17.0 Å². The normalized spacial score (nSPS) is 11.5. The number of nitrogens with one attached hydrogen (secondary N) is 1. The number of halogens is 1. The molecule has 6 nitrogen and oxygen atoms in total. The number of urea groups is 1. The van der Waals surface area contributed by atoms with Crippen molar-refractivity contribution in [1.29, 1.82) is 0 Å². The molecule has 3 amide bonds. The van der Waals surface area contributed by atoms with Gasteiger partial charge in [0.15, 0.2) is 0 Å². The van der Waals surface area contributed by atoms with Crippen LogP contribution in [0.5, 0.6) is 0 Å². The Morgan fingerprint density at radius 2 is 1.73 bits per heavy atom. The van der Waals surface area contributed by atoms with Crippen molar-refractivity contribution in [2.45, 2.75) is 32.2 Å². The van der Waals surface area contributed by atoms with Crippen molar-refractivity contribution in [3.63, 3.8) is 0 Å². The summed E-state index contributed by atoms with van der Waals surface area (Å²) in [7, 11) is 0. The molecule has 8 heteroatoms. The highest BCUT2D eigenvalue weighted by Gasteiger charge is 2.27. The van der Waals surface area contributed by atoms with Gasteiger partial charge in [-0.3, -0.25) is 9.69 Å². The van der Waals surface area contributed by atoms with Crippen molar-refractivity contribution in [2.24, 2.45) is 0 Å². The minimum absolute atomic E-state index is 0.164. The molecule has 0 aliphatic rings. The third-order valence-electron chi connectivity index (χ3n) is 5.71. The number of hydrogen-bond donors (Lipinski definition) is 2. The number of aliphatic carboxylic acids is 1. The van der Waals surface area contributed by atoms with Crippen LogP contribution in [0.3, 0.4) is 0 Å². The van der Waals surface area contributed by atoms with E-state index in [1.807, 2.05) is 49.4 Å². The van der Waals surface area contributed by atoms with E-state index in [0.717, 1.165) is 34.6 Å². The van der Waals surface area contributed by atoms with Crippen LogP contribution in [-0.2, 0) is 11.2 Å². The maximum atomic E-state index is 13.3. The Labute approximate surface area is 227 Å². The number of carbonyl (C=O) groups excluding carboxylic acids is 2. The molecule has 0 aliphatic carbocycles. The van der Waals surface area contributed by atoms with Crippen LogP contribution in [0.15, 0.2) is 78.9 Å². The molecule has 37 heavy (non-hydrogen) atoms. The summed E-state index contributed by atoms with van der Waals surface area (Å²) < 4.78 is 0. The standard InChI is InChI=1S/C29H31ClN2O4S/c1-2-17-32(27(33)23-14-8-13-22(19-23)24-15-6-7-16-25(24)30)29(36)31-26(28(34)35)20-37-18-9-12-21-10-4-3-5-11-21/h3-8,10-11,13-16,19,26H,2,9,12,17-18,20H2,1H3,(H,31,36)(H,34,35)/t26-/m0/s1. The zero-order chi connectivity index (χ0) is 26.6. The molecule has 0 unspecified atom stereocenters. The Balaban J connectivity index is 1.63. The fourth-order valence-corrected chi connectivity index (χ4v) is 5.04. The van der Waals surface area contributed by atoms with E-state index in [2.05, 4.69) is 17.4 Å². The number of benzene rings is 3. The summed E-state index contributed by atoms with van der Waals surface area (Å²) in [6.45, 7) is 2.02. The fraction of sp³-hybridized carbons (Fsp3) is 0.276. The van der Waals surface area contributed by atoms with Gasteiger partial charge in [0.2, 0.25) is 0 Å². The number of carboxylic acid groups (broad SMARTS) is 1. The first kappa shape index (κ1) is 28.3. The van der Waals surface area contributed by atoms with E-state index in [4.69, 9.17) is 11.6 Å². The van der Waals surface area contributed by atoms with Crippen molar-refractivity contribution in [2.75, 3.05) is 18.1 Å². The molecule has 2 N–H and O–H groups in total. The second-order valence-corrected chi connectivity index (χ2v) is 10.1. The summed E-state index contributed by atoms with van der Waals surface area (Å²) in [4.78, 5) is 39.3. The molecular weight excluding hydrogens is 508 g/mol. The van der Waals surface area contributed by atoms with Crippen LogP contribution < -0.4 is 5.32 Å². The maximum Gasteiger partial charge on any atom is 0.327 e. The first-order valence-electron chi connectivity index (χ1n) is 12.2. The Hall–Kier alpha value is -3.29. The average Bonchev–Trinajstić information content (AvgIpc) is 2.91. The molecule has 0 saturated carbocycles. The Morgan fingerprint density at radius 1 is 1.00 bits per heavy atom. The van der Waals surface area contributed by atoms with Gasteiger partial charge in [-0.15, -0.1) is 0 Å². The van der Waals surface area contributed by atoms with E-state index < -0.39 is 23.9 Å². The molecule has 3 rings (SSSR count). The lowest BCUT2D eigenvalue weighted by atomic mass is 10.0. The zero-order valence-corrected chi connectivity index (χ0v) is 22.3. The van der Waals surface area contributed by atoms with Crippen LogP contribution in [-0.4, -0.2) is 52.0 Å². The Bertz CT molecular complexity index is 1210. The first-order chi connectivity index (χ1) is 17.9. The second-order valence-electron chi connectivity index (χ2n) is 8.52. The molecule has 0 saturated heterocycles. The number of amides is 3. The minimum Gasteiger partial charge on any atom is -0.480 e. The summed E-state index contributed by atoms with van der Waals surface area (Å²) in [5, 5.41) is 12.8. The largest absolute Gasteiger partial charge is 0.480 e. The molecule has 0 radical (unpaired) electrons. The van der Waals surface area contributed by atoms with Crippen LogP contribution in [0.4, 0.5) is 4.79 Å². The van der Waals surface area contributed by atoms with Gasteiger partial charge in [0.25, 0.3) is 5.91 Å². The maximum absolute atomic E-state index is 13.3. The number of imide groups is 1. The molecule has 0 heterocycles. The van der Waals surface area contributed by atoms with Crippen molar-refractivity contribution in [3.05, 3.63) is 95.0 Å². The lowest BCUT2D eigenvalue weighted by Gasteiger charge is -2.23. The van der Waals surface area contributed by atoms with Crippen molar-refractivity contribution < 1.29 is 19.5 Å². The van der Waals surface area contributed by atoms with E-state index in [1.54, 1.807) is 24.3 Å². The number of nitrogens with zero attached hydrogens (tertiary/aromatic N) is 1. The lowest BCUT2D eigenvalue weighted by molar-refractivity contribution is -0.138. The number of aryl methyl sites for hydroxylation is 1. The van der Waals surface area contributed by atoms with Crippen LogP contribution in [0, 0.1) is 0 Å². The third kappa shape index (κ3) is 8.37. The summed E-state index contributed by atoms with van der Waals surface area (Å²) in [6, 6.07) is 22.5. The second kappa shape index (κ2) is 14.4.